The predicted molar refractivity (Wildman–Crippen MR) is 193 cm³/mol. The monoisotopic (exact) mass is 701 g/mol. The van der Waals surface area contributed by atoms with E-state index in [1.165, 1.54) is 11.0 Å². The lowest BCUT2D eigenvalue weighted by atomic mass is 9.92. The van der Waals surface area contributed by atoms with Gasteiger partial charge in [-0.05, 0) is 49.2 Å². The number of aliphatic hydroxyl groups excluding tert-OH is 1. The van der Waals surface area contributed by atoms with Crippen molar-refractivity contribution in [2.75, 3.05) is 30.0 Å². The van der Waals surface area contributed by atoms with E-state index in [1.807, 2.05) is 68.9 Å². The van der Waals surface area contributed by atoms with Gasteiger partial charge in [-0.1, -0.05) is 62.3 Å². The summed E-state index contributed by atoms with van der Waals surface area (Å²) in [5.41, 5.74) is 3.18. The summed E-state index contributed by atoms with van der Waals surface area (Å²) in [5.74, 6) is 1.79. The minimum Gasteiger partial charge on any atom is -0.506 e. The summed E-state index contributed by atoms with van der Waals surface area (Å²) in [4.78, 5) is 21.4. The van der Waals surface area contributed by atoms with Crippen molar-refractivity contribution in [1.82, 2.24) is 24.9 Å². The number of hydrogen-bond acceptors (Lipinski definition) is 9. The van der Waals surface area contributed by atoms with Crippen molar-refractivity contribution in [1.29, 1.82) is 0 Å². The van der Waals surface area contributed by atoms with Gasteiger partial charge in [-0.25, -0.2) is 9.48 Å². The highest BCUT2D eigenvalue weighted by Crippen LogP contribution is 2.49. The lowest BCUT2D eigenvalue weighted by Crippen LogP contribution is -2.45. The largest absolute Gasteiger partial charge is 0.506 e. The number of rotatable bonds is 8. The van der Waals surface area contributed by atoms with Crippen LogP contribution in [-0.4, -0.2) is 67.2 Å². The summed E-state index contributed by atoms with van der Waals surface area (Å²) in [6, 6.07) is 20.0. The number of carbonyl (C=O) groups excluding carboxylic acids is 1. The van der Waals surface area contributed by atoms with Crippen LogP contribution in [0.15, 0.2) is 84.0 Å². The Morgan fingerprint density at radius 1 is 1.06 bits per heavy atom. The first-order chi connectivity index (χ1) is 23.5. The first-order valence-electron chi connectivity index (χ1n) is 16.4. The molecule has 3 aromatic carbocycles. The van der Waals surface area contributed by atoms with Crippen molar-refractivity contribution >= 4 is 40.9 Å². The highest BCUT2D eigenvalue weighted by molar-refractivity contribution is 8.00. The van der Waals surface area contributed by atoms with Crippen LogP contribution < -0.4 is 20.3 Å². The summed E-state index contributed by atoms with van der Waals surface area (Å²) < 4.78 is 8.01. The molecule has 0 saturated carbocycles. The molecule has 0 aliphatic carbocycles. The molecule has 256 valence electrons. The minimum absolute atomic E-state index is 0.0321. The van der Waals surface area contributed by atoms with Gasteiger partial charge >= 0.3 is 6.03 Å². The minimum atomic E-state index is -0.409. The standard InChI is InChI=1S/C36H40ClN7O4S/c1-36(2,3)32-20-33(44(40-32)24-8-10-29(46)27(37)18-24)39-34(47)38-21-23-6-4-5-7-30(23)48-26-9-11-31-28(19-26)43-17-16-42(35(43)49-31)22-41-14-12-25(45)13-15-41/h4-11,16-20,25,35,45-46H,12-15,21-22H2,1-3H3,(H2,38,39,47). The van der Waals surface area contributed by atoms with Crippen LogP contribution in [0.3, 0.4) is 0 Å². The number of likely N-dealkylation sites (tertiary alicyclic amines) is 1. The molecule has 1 aromatic heterocycles. The van der Waals surface area contributed by atoms with Crippen molar-refractivity contribution in [3.05, 3.63) is 95.4 Å². The second-order valence-electron chi connectivity index (χ2n) is 13.5. The van der Waals surface area contributed by atoms with E-state index in [0.717, 1.165) is 49.5 Å². The number of nitrogens with zero attached hydrogens (tertiary/aromatic N) is 5. The Labute approximate surface area is 295 Å². The van der Waals surface area contributed by atoms with Crippen LogP contribution in [0.4, 0.5) is 16.3 Å². The topological polar surface area (TPSA) is 118 Å². The number of fused-ring (bicyclic) bond motifs is 3. The van der Waals surface area contributed by atoms with Gasteiger partial charge in [0, 0.05) is 60.0 Å². The number of aliphatic hydroxyl groups is 1. The number of aromatic nitrogens is 2. The number of para-hydroxylation sites is 1. The number of amides is 2. The molecule has 1 fully saturated rings. The summed E-state index contributed by atoms with van der Waals surface area (Å²) in [7, 11) is 0. The van der Waals surface area contributed by atoms with Gasteiger partial charge in [-0.15, -0.1) is 0 Å². The number of anilines is 2. The van der Waals surface area contributed by atoms with Crippen molar-refractivity contribution < 1.29 is 19.7 Å². The molecule has 4 N–H and O–H groups in total. The van der Waals surface area contributed by atoms with E-state index in [1.54, 1.807) is 16.8 Å². The van der Waals surface area contributed by atoms with Gasteiger partial charge < -0.3 is 30.1 Å². The van der Waals surface area contributed by atoms with Gasteiger partial charge in [0.15, 0.2) is 5.50 Å². The van der Waals surface area contributed by atoms with E-state index < -0.39 is 6.03 Å². The normalized spacial score (nSPS) is 17.7. The number of piperidine rings is 1. The number of benzene rings is 3. The molecule has 4 heterocycles. The van der Waals surface area contributed by atoms with E-state index in [0.29, 0.717) is 23.0 Å². The van der Waals surface area contributed by atoms with Crippen molar-refractivity contribution in [2.24, 2.45) is 0 Å². The lowest BCUT2D eigenvalue weighted by Gasteiger charge is -2.35. The Hall–Kier alpha value is -4.36. The van der Waals surface area contributed by atoms with E-state index in [2.05, 4.69) is 49.9 Å². The molecule has 3 aliphatic rings. The third kappa shape index (κ3) is 7.18. The van der Waals surface area contributed by atoms with Gasteiger partial charge in [-0.3, -0.25) is 10.2 Å². The summed E-state index contributed by atoms with van der Waals surface area (Å²) >= 11 is 8.00. The SMILES string of the molecule is CC(C)(C)c1cc(NC(=O)NCc2ccccc2Oc2ccc3c(c2)N2C=CN(CN4CCC(O)CC4)C2S3)n(-c2ccc(O)c(Cl)c2)n1. The second kappa shape index (κ2) is 13.5. The van der Waals surface area contributed by atoms with Gasteiger partial charge in [-0.2, -0.15) is 5.10 Å². The first-order valence-corrected chi connectivity index (χ1v) is 17.6. The maximum Gasteiger partial charge on any atom is 0.320 e. The fourth-order valence-corrected chi connectivity index (χ4v) is 7.45. The highest BCUT2D eigenvalue weighted by atomic mass is 35.5. The molecule has 3 aliphatic heterocycles. The number of thioether (sulfide) groups is 1. The van der Waals surface area contributed by atoms with Crippen molar-refractivity contribution in [3.63, 3.8) is 0 Å². The van der Waals surface area contributed by atoms with Gasteiger partial charge in [0.05, 0.1) is 34.9 Å². The zero-order valence-electron chi connectivity index (χ0n) is 27.6. The number of nitrogens with one attached hydrogen (secondary N) is 2. The van der Waals surface area contributed by atoms with E-state index in [9.17, 15) is 15.0 Å². The number of halogens is 1. The van der Waals surface area contributed by atoms with Gasteiger partial charge in [0.25, 0.3) is 0 Å². The molecule has 11 nitrogen and oxygen atoms in total. The number of ether oxygens (including phenoxy) is 1. The average molecular weight is 702 g/mol. The van der Waals surface area contributed by atoms with Gasteiger partial charge in [0.1, 0.15) is 23.1 Å². The quantitative estimate of drug-likeness (QED) is 0.153. The average Bonchev–Trinajstić information content (AvgIpc) is 3.78. The molecule has 4 aromatic rings. The number of carbonyl (C=O) groups is 1. The number of urea groups is 1. The molecule has 7 rings (SSSR count). The molecule has 13 heteroatoms. The number of phenols is 1. The Bertz CT molecular complexity index is 1890. The predicted octanol–water partition coefficient (Wildman–Crippen LogP) is 7.04. The van der Waals surface area contributed by atoms with E-state index in [-0.39, 0.29) is 34.3 Å². The smallest absolute Gasteiger partial charge is 0.320 e. The summed E-state index contributed by atoms with van der Waals surface area (Å²) in [6.07, 6.45) is 5.72. The molecule has 0 bridgehead atoms. The first kappa shape index (κ1) is 33.2. The van der Waals surface area contributed by atoms with Crippen LogP contribution in [0.1, 0.15) is 44.9 Å². The molecule has 0 spiro atoms. The zero-order valence-corrected chi connectivity index (χ0v) is 29.2. The summed E-state index contributed by atoms with van der Waals surface area (Å²) in [6.45, 7) is 9.00. The van der Waals surface area contributed by atoms with Crippen LogP contribution in [0.5, 0.6) is 17.2 Å². The van der Waals surface area contributed by atoms with E-state index in [4.69, 9.17) is 21.4 Å². The molecule has 2 amide bonds. The number of hydrogen-bond donors (Lipinski definition) is 4. The van der Waals surface area contributed by atoms with Crippen LogP contribution in [0, 0.1) is 0 Å². The Balaban J connectivity index is 1.01. The lowest BCUT2D eigenvalue weighted by molar-refractivity contribution is 0.0603. The Morgan fingerprint density at radius 3 is 2.63 bits per heavy atom. The fraction of sp³-hybridized carbons (Fsp3) is 0.333. The molecule has 0 radical (unpaired) electrons. The molecule has 1 unspecified atom stereocenters. The molecular formula is C36H40ClN7O4S. The molecule has 1 atom stereocenters. The number of aromatic hydroxyl groups is 1. The number of phenolic OH excluding ortho intramolecular Hbond substituents is 1. The molecule has 1 saturated heterocycles. The van der Waals surface area contributed by atoms with Crippen LogP contribution in [0.2, 0.25) is 5.02 Å². The Morgan fingerprint density at radius 2 is 1.86 bits per heavy atom. The summed E-state index contributed by atoms with van der Waals surface area (Å²) in [5, 5.41) is 30.6. The van der Waals surface area contributed by atoms with Crippen molar-refractivity contribution in [2.45, 2.75) is 62.1 Å². The van der Waals surface area contributed by atoms with Gasteiger partial charge in [0.2, 0.25) is 0 Å². The maximum absolute atomic E-state index is 13.2. The zero-order chi connectivity index (χ0) is 34.3. The van der Waals surface area contributed by atoms with Crippen molar-refractivity contribution in [3.8, 4) is 22.9 Å². The molecule has 49 heavy (non-hydrogen) atoms. The maximum atomic E-state index is 13.2. The third-order valence-electron chi connectivity index (χ3n) is 8.84. The Kier molecular flexibility index (Phi) is 9.14. The third-order valence-corrected chi connectivity index (χ3v) is 10.4. The van der Waals surface area contributed by atoms with E-state index >= 15 is 0 Å². The van der Waals surface area contributed by atoms with Crippen LogP contribution in [-0.2, 0) is 12.0 Å². The van der Waals surface area contributed by atoms with Crippen LogP contribution in [0.25, 0.3) is 5.69 Å². The second-order valence-corrected chi connectivity index (χ2v) is 15.0. The van der Waals surface area contributed by atoms with Crippen LogP contribution >= 0.6 is 23.4 Å². The highest BCUT2D eigenvalue weighted by Gasteiger charge is 2.37. The fourth-order valence-electron chi connectivity index (χ4n) is 6.05. The molecular weight excluding hydrogens is 662 g/mol.